The molecule has 0 aliphatic rings. The Hall–Kier alpha value is -2.32. The number of hydrogen-bond donors (Lipinski definition) is 1. The Morgan fingerprint density at radius 1 is 1.24 bits per heavy atom. The van der Waals surface area contributed by atoms with Crippen LogP contribution in [-0.4, -0.2) is 35.8 Å². The molecule has 6 nitrogen and oxygen atoms in total. The number of thioether (sulfide) groups is 1. The molecule has 0 spiro atoms. The van der Waals surface area contributed by atoms with Gasteiger partial charge in [0.25, 0.3) is 0 Å². The summed E-state index contributed by atoms with van der Waals surface area (Å²) in [4.78, 5) is 21.7. The van der Waals surface area contributed by atoms with Crippen molar-refractivity contribution >= 4 is 39.4 Å². The molecule has 0 saturated heterocycles. The van der Waals surface area contributed by atoms with Crippen molar-refractivity contribution in [3.63, 3.8) is 0 Å². The van der Waals surface area contributed by atoms with Crippen LogP contribution in [0.15, 0.2) is 40.9 Å². The number of hydrogen-bond acceptors (Lipinski definition) is 7. The highest BCUT2D eigenvalue weighted by molar-refractivity contribution is 8.01. The van der Waals surface area contributed by atoms with E-state index in [0.29, 0.717) is 23.8 Å². The number of ether oxygens (including phenoxy) is 2. The number of benzene rings is 1. The average molecular weight is 375 g/mol. The lowest BCUT2D eigenvalue weighted by Gasteiger charge is -2.13. The molecular formula is C17H17N3O3S2. The van der Waals surface area contributed by atoms with Gasteiger partial charge in [-0.2, -0.15) is 0 Å². The van der Waals surface area contributed by atoms with Crippen LogP contribution in [0.25, 0.3) is 10.3 Å². The van der Waals surface area contributed by atoms with Gasteiger partial charge in [0.05, 0.1) is 20.0 Å². The molecule has 0 unspecified atom stereocenters. The average Bonchev–Trinajstić information content (AvgIpc) is 3.07. The van der Waals surface area contributed by atoms with Crippen LogP contribution in [0.1, 0.15) is 5.56 Å². The van der Waals surface area contributed by atoms with Gasteiger partial charge in [-0.15, -0.1) is 0 Å². The topological polar surface area (TPSA) is 73.3 Å². The maximum Gasteiger partial charge on any atom is 0.230 e. The highest BCUT2D eigenvalue weighted by atomic mass is 32.2. The van der Waals surface area contributed by atoms with Crippen LogP contribution >= 0.6 is 23.1 Å². The number of thiazole rings is 1. The molecule has 3 rings (SSSR count). The summed E-state index contributed by atoms with van der Waals surface area (Å²) in [6.07, 6.45) is 1.74. The Kier molecular flexibility index (Phi) is 5.72. The third-order valence-electron chi connectivity index (χ3n) is 3.43. The fourth-order valence-electron chi connectivity index (χ4n) is 2.28. The summed E-state index contributed by atoms with van der Waals surface area (Å²) in [5.41, 5.74) is 1.72. The normalized spacial score (nSPS) is 10.6. The van der Waals surface area contributed by atoms with Crippen LogP contribution in [0.3, 0.4) is 0 Å². The maximum absolute atomic E-state index is 12.1. The minimum atomic E-state index is -0.0675. The molecule has 0 aliphatic heterocycles. The van der Waals surface area contributed by atoms with Gasteiger partial charge in [0.15, 0.2) is 15.8 Å². The smallest absolute Gasteiger partial charge is 0.230 e. The number of fused-ring (bicyclic) bond motifs is 1. The Morgan fingerprint density at radius 2 is 2.12 bits per heavy atom. The number of methoxy groups -OCH3 is 2. The first-order valence-electron chi connectivity index (χ1n) is 7.52. The van der Waals surface area contributed by atoms with Gasteiger partial charge in [-0.3, -0.25) is 4.79 Å². The summed E-state index contributed by atoms with van der Waals surface area (Å²) in [5.74, 6) is 1.51. The molecular weight excluding hydrogens is 358 g/mol. The first kappa shape index (κ1) is 17.5. The second kappa shape index (κ2) is 8.17. The van der Waals surface area contributed by atoms with E-state index in [2.05, 4.69) is 15.3 Å². The van der Waals surface area contributed by atoms with E-state index in [1.807, 2.05) is 30.3 Å². The molecule has 25 heavy (non-hydrogen) atoms. The number of carbonyl (C=O) groups excluding carboxylic acids is 1. The third kappa shape index (κ3) is 4.21. The van der Waals surface area contributed by atoms with Crippen LogP contribution in [-0.2, 0) is 11.3 Å². The van der Waals surface area contributed by atoms with Crippen LogP contribution in [0, 0.1) is 0 Å². The first-order valence-corrected chi connectivity index (χ1v) is 9.32. The van der Waals surface area contributed by atoms with Crippen molar-refractivity contribution in [2.75, 3.05) is 20.0 Å². The number of para-hydroxylation sites is 1. The summed E-state index contributed by atoms with van der Waals surface area (Å²) in [7, 11) is 3.17. The monoisotopic (exact) mass is 375 g/mol. The molecule has 2 heterocycles. The lowest BCUT2D eigenvalue weighted by Crippen LogP contribution is -2.24. The molecule has 1 amide bonds. The molecule has 1 N–H and O–H groups in total. The fraction of sp³-hybridized carbons (Fsp3) is 0.235. The predicted octanol–water partition coefficient (Wildman–Crippen LogP) is 3.12. The van der Waals surface area contributed by atoms with E-state index in [9.17, 15) is 4.79 Å². The number of carbonyl (C=O) groups is 1. The molecule has 0 saturated carbocycles. The van der Waals surface area contributed by atoms with E-state index in [1.54, 1.807) is 20.4 Å². The molecule has 130 valence electrons. The number of rotatable bonds is 7. The largest absolute Gasteiger partial charge is 0.493 e. The Bertz CT molecular complexity index is 849. The van der Waals surface area contributed by atoms with E-state index >= 15 is 0 Å². The van der Waals surface area contributed by atoms with Crippen LogP contribution < -0.4 is 14.8 Å². The van der Waals surface area contributed by atoms with E-state index in [4.69, 9.17) is 9.47 Å². The quantitative estimate of drug-likeness (QED) is 0.640. The molecule has 8 heteroatoms. The predicted molar refractivity (Wildman–Crippen MR) is 99.5 cm³/mol. The van der Waals surface area contributed by atoms with Gasteiger partial charge in [0.1, 0.15) is 10.3 Å². The van der Waals surface area contributed by atoms with Gasteiger partial charge < -0.3 is 14.8 Å². The molecule has 3 aromatic rings. The Labute approximate surface area is 153 Å². The number of pyridine rings is 1. The number of amides is 1. The lowest BCUT2D eigenvalue weighted by atomic mass is 10.2. The lowest BCUT2D eigenvalue weighted by molar-refractivity contribution is -0.118. The summed E-state index contributed by atoms with van der Waals surface area (Å²) in [6, 6.07) is 9.35. The standard InChI is InChI=1S/C17H17N3O3S2/c1-22-13-7-3-5-11(15(13)23-2)9-19-14(21)10-24-17-20-12-6-4-8-18-16(12)25-17/h3-8H,9-10H2,1-2H3,(H,19,21). The summed E-state index contributed by atoms with van der Waals surface area (Å²) in [5, 5.41) is 2.89. The van der Waals surface area contributed by atoms with Crippen LogP contribution in [0.5, 0.6) is 11.5 Å². The van der Waals surface area contributed by atoms with Gasteiger partial charge in [0, 0.05) is 18.3 Å². The van der Waals surface area contributed by atoms with Crippen molar-refractivity contribution in [3.8, 4) is 11.5 Å². The molecule has 2 aromatic heterocycles. The SMILES string of the molecule is COc1cccc(CNC(=O)CSc2nc3cccnc3s2)c1OC. The van der Waals surface area contributed by atoms with E-state index in [0.717, 1.165) is 20.3 Å². The molecule has 1 aromatic carbocycles. The van der Waals surface area contributed by atoms with Crippen molar-refractivity contribution in [1.82, 2.24) is 15.3 Å². The van der Waals surface area contributed by atoms with E-state index in [-0.39, 0.29) is 5.91 Å². The molecule has 0 atom stereocenters. The zero-order valence-corrected chi connectivity index (χ0v) is 15.4. The summed E-state index contributed by atoms with van der Waals surface area (Å²) < 4.78 is 11.5. The second-order valence-corrected chi connectivity index (χ2v) is 7.23. The fourth-order valence-corrected chi connectivity index (χ4v) is 4.09. The van der Waals surface area contributed by atoms with Crippen molar-refractivity contribution in [2.24, 2.45) is 0 Å². The van der Waals surface area contributed by atoms with E-state index < -0.39 is 0 Å². The molecule has 0 radical (unpaired) electrons. The zero-order valence-electron chi connectivity index (χ0n) is 13.8. The van der Waals surface area contributed by atoms with Gasteiger partial charge in [-0.1, -0.05) is 35.2 Å². The number of nitrogens with zero attached hydrogens (tertiary/aromatic N) is 2. The minimum Gasteiger partial charge on any atom is -0.493 e. The second-order valence-electron chi connectivity index (χ2n) is 5.03. The van der Waals surface area contributed by atoms with Gasteiger partial charge in [0.2, 0.25) is 5.91 Å². The summed E-state index contributed by atoms with van der Waals surface area (Å²) in [6.45, 7) is 0.376. The molecule has 0 fully saturated rings. The zero-order chi connectivity index (χ0) is 17.6. The minimum absolute atomic E-state index is 0.0675. The highest BCUT2D eigenvalue weighted by Crippen LogP contribution is 2.31. The molecule has 0 bridgehead atoms. The summed E-state index contributed by atoms with van der Waals surface area (Å²) >= 11 is 2.90. The Morgan fingerprint density at radius 3 is 2.88 bits per heavy atom. The number of nitrogens with one attached hydrogen (secondary N) is 1. The van der Waals surface area contributed by atoms with Gasteiger partial charge in [-0.25, -0.2) is 9.97 Å². The Balaban J connectivity index is 1.56. The third-order valence-corrected chi connectivity index (χ3v) is 5.56. The van der Waals surface area contributed by atoms with E-state index in [1.165, 1.54) is 23.1 Å². The van der Waals surface area contributed by atoms with Crippen LogP contribution in [0.2, 0.25) is 0 Å². The van der Waals surface area contributed by atoms with Crippen molar-refractivity contribution < 1.29 is 14.3 Å². The first-order chi connectivity index (χ1) is 12.2. The van der Waals surface area contributed by atoms with Crippen molar-refractivity contribution in [3.05, 3.63) is 42.1 Å². The van der Waals surface area contributed by atoms with Gasteiger partial charge >= 0.3 is 0 Å². The van der Waals surface area contributed by atoms with Crippen LogP contribution in [0.4, 0.5) is 0 Å². The maximum atomic E-state index is 12.1. The molecule has 0 aliphatic carbocycles. The number of aromatic nitrogens is 2. The van der Waals surface area contributed by atoms with Crippen molar-refractivity contribution in [2.45, 2.75) is 10.9 Å². The van der Waals surface area contributed by atoms with Crippen molar-refractivity contribution in [1.29, 1.82) is 0 Å². The highest BCUT2D eigenvalue weighted by Gasteiger charge is 2.12. The van der Waals surface area contributed by atoms with Gasteiger partial charge in [-0.05, 0) is 18.2 Å².